The van der Waals surface area contributed by atoms with Crippen molar-refractivity contribution >= 4 is 35.2 Å². The summed E-state index contributed by atoms with van der Waals surface area (Å²) in [6.07, 6.45) is 6.68. The van der Waals surface area contributed by atoms with Crippen molar-refractivity contribution in [2.45, 2.75) is 64.5 Å². The third kappa shape index (κ3) is 4.76. The number of aromatic amines is 1. The minimum absolute atomic E-state index is 0.190. The van der Waals surface area contributed by atoms with Crippen LogP contribution >= 0.6 is 11.6 Å². The van der Waals surface area contributed by atoms with E-state index in [-0.39, 0.29) is 11.8 Å². The van der Waals surface area contributed by atoms with Gasteiger partial charge in [0.05, 0.1) is 29.1 Å². The predicted octanol–water partition coefficient (Wildman–Crippen LogP) is 5.26. The fourth-order valence-electron chi connectivity index (χ4n) is 5.22. The molecule has 5 rings (SSSR count). The summed E-state index contributed by atoms with van der Waals surface area (Å²) in [4.78, 5) is 22.5. The van der Waals surface area contributed by atoms with Crippen molar-refractivity contribution in [1.82, 2.24) is 9.97 Å². The first-order valence-electron chi connectivity index (χ1n) is 12.0. The van der Waals surface area contributed by atoms with Gasteiger partial charge in [0.2, 0.25) is 5.95 Å². The zero-order valence-electron chi connectivity index (χ0n) is 20.1. The second kappa shape index (κ2) is 9.22. The minimum Gasteiger partial charge on any atom is -0.443 e. The Labute approximate surface area is 208 Å². The summed E-state index contributed by atoms with van der Waals surface area (Å²) in [6.45, 7) is 6.23. The van der Waals surface area contributed by atoms with Crippen LogP contribution in [-0.4, -0.2) is 28.2 Å². The van der Waals surface area contributed by atoms with Gasteiger partial charge in [-0.1, -0.05) is 17.7 Å². The summed E-state index contributed by atoms with van der Waals surface area (Å²) in [5.74, 6) is -0.0314. The number of halogens is 2. The van der Waals surface area contributed by atoms with Gasteiger partial charge in [-0.25, -0.2) is 9.78 Å². The molecule has 0 spiro atoms. The molecule has 0 atom stereocenters. The lowest BCUT2D eigenvalue weighted by atomic mass is 9.77. The van der Waals surface area contributed by atoms with E-state index in [1.807, 2.05) is 32.9 Å². The Hall–Kier alpha value is -3.00. The predicted molar refractivity (Wildman–Crippen MR) is 133 cm³/mol. The number of fused-ring (bicyclic) bond motifs is 3. The number of hydrogen-bond donors (Lipinski definition) is 1. The summed E-state index contributed by atoms with van der Waals surface area (Å²) in [6, 6.07) is 5.00. The van der Waals surface area contributed by atoms with E-state index in [9.17, 15) is 9.18 Å². The van der Waals surface area contributed by atoms with Gasteiger partial charge < -0.3 is 9.72 Å². The van der Waals surface area contributed by atoms with Crippen LogP contribution in [0.4, 0.5) is 14.9 Å². The van der Waals surface area contributed by atoms with Crippen LogP contribution in [0.3, 0.4) is 0 Å². The van der Waals surface area contributed by atoms with E-state index in [2.05, 4.69) is 20.2 Å². The Bertz CT molecular complexity index is 1330. The summed E-state index contributed by atoms with van der Waals surface area (Å²) in [5.41, 5.74) is 2.85. The summed E-state index contributed by atoms with van der Waals surface area (Å²) in [5, 5.41) is 10.5. The number of H-pyrrole nitrogens is 1. The van der Waals surface area contributed by atoms with Crippen LogP contribution in [0.25, 0.3) is 11.8 Å². The zero-order valence-corrected chi connectivity index (χ0v) is 20.9. The maximum Gasteiger partial charge on any atom is 0.415 e. The molecule has 0 radical (unpaired) electrons. The highest BCUT2D eigenvalue weighted by atomic mass is 35.5. The molecule has 7 nitrogen and oxygen atoms in total. The molecule has 184 valence electrons. The summed E-state index contributed by atoms with van der Waals surface area (Å²) in [7, 11) is 0. The van der Waals surface area contributed by atoms with E-state index in [1.54, 1.807) is 17.2 Å². The van der Waals surface area contributed by atoms with E-state index in [0.717, 1.165) is 58.9 Å². The number of rotatable bonds is 2. The van der Waals surface area contributed by atoms with Gasteiger partial charge >= 0.3 is 6.09 Å². The quantitative estimate of drug-likeness (QED) is 0.575. The monoisotopic (exact) mass is 497 g/mol. The van der Waals surface area contributed by atoms with Crippen molar-refractivity contribution in [2.75, 3.05) is 11.4 Å². The molecule has 4 heterocycles. The number of nitrogens with zero attached hydrogens (tertiary/aromatic N) is 4. The number of ether oxygens (including phenoxy) is 1. The lowest BCUT2D eigenvalue weighted by molar-refractivity contribution is 0.0584. The normalized spacial score (nSPS) is 22.0. The second-order valence-corrected chi connectivity index (χ2v) is 10.7. The number of carbonyl (C=O) groups is 1. The molecule has 9 heteroatoms. The van der Waals surface area contributed by atoms with Crippen molar-refractivity contribution < 1.29 is 13.9 Å². The van der Waals surface area contributed by atoms with Crippen LogP contribution < -0.4 is 15.6 Å². The maximum atomic E-state index is 13.7. The molecule has 0 bridgehead atoms. The number of pyridine rings is 1. The molecule has 1 saturated carbocycles. The zero-order chi connectivity index (χ0) is 24.7. The molecular formula is C26H29ClFN5O2. The van der Waals surface area contributed by atoms with E-state index < -0.39 is 17.6 Å². The van der Waals surface area contributed by atoms with Gasteiger partial charge in [-0.3, -0.25) is 4.90 Å². The molecule has 1 fully saturated rings. The number of nitrogens with one attached hydrogen (secondary N) is 1. The molecule has 1 amide bonds. The van der Waals surface area contributed by atoms with Crippen molar-refractivity contribution in [3.05, 3.63) is 57.2 Å². The van der Waals surface area contributed by atoms with Crippen LogP contribution in [0.15, 0.2) is 39.5 Å². The fourth-order valence-corrected chi connectivity index (χ4v) is 5.54. The number of carbonyl (C=O) groups excluding carboxylic acids is 1. The molecule has 2 aromatic heterocycles. The Morgan fingerprint density at radius 2 is 1.94 bits per heavy atom. The van der Waals surface area contributed by atoms with Gasteiger partial charge in [-0.05, 0) is 76.2 Å². The fraction of sp³-hybridized carbons (Fsp3) is 0.462. The number of azo groups is 1. The van der Waals surface area contributed by atoms with Crippen LogP contribution in [-0.2, 0) is 11.3 Å². The van der Waals surface area contributed by atoms with Crippen LogP contribution in [0.2, 0.25) is 0 Å². The largest absolute Gasteiger partial charge is 0.443 e. The number of anilines is 1. The Morgan fingerprint density at radius 3 is 2.66 bits per heavy atom. The third-order valence-corrected chi connectivity index (χ3v) is 7.12. The second-order valence-electron chi connectivity index (χ2n) is 10.3. The van der Waals surface area contributed by atoms with Crippen molar-refractivity contribution in [3.8, 4) is 0 Å². The SMILES string of the molecule is CC(C)(C)OC(=O)N1CC=C(Cl)C(C2CCC(c3cccc(F)n3)CC2)=c2[nH]c3c(c21)CN=NC=3. The van der Waals surface area contributed by atoms with E-state index in [1.165, 1.54) is 6.07 Å². The van der Waals surface area contributed by atoms with Crippen LogP contribution in [0, 0.1) is 11.9 Å². The lowest BCUT2D eigenvalue weighted by Crippen LogP contribution is -2.39. The number of allylic oxidation sites excluding steroid dienone is 1. The highest BCUT2D eigenvalue weighted by Gasteiger charge is 2.34. The van der Waals surface area contributed by atoms with Gasteiger partial charge in [0.25, 0.3) is 0 Å². The highest BCUT2D eigenvalue weighted by Crippen LogP contribution is 2.42. The molecule has 3 aliphatic rings. The van der Waals surface area contributed by atoms with Gasteiger partial charge in [0.15, 0.2) is 0 Å². The van der Waals surface area contributed by atoms with Crippen LogP contribution in [0.5, 0.6) is 0 Å². The van der Waals surface area contributed by atoms with Gasteiger partial charge in [-0.15, -0.1) is 0 Å². The minimum atomic E-state index is -0.630. The number of aromatic nitrogens is 2. The molecule has 1 aliphatic carbocycles. The van der Waals surface area contributed by atoms with Gasteiger partial charge in [0, 0.05) is 28.8 Å². The van der Waals surface area contributed by atoms with Gasteiger partial charge in [0.1, 0.15) is 5.60 Å². The Balaban J connectivity index is 1.54. The molecule has 0 saturated heterocycles. The molecule has 0 aromatic carbocycles. The maximum absolute atomic E-state index is 13.7. The number of hydrogen-bond acceptors (Lipinski definition) is 5. The smallest absolute Gasteiger partial charge is 0.415 e. The Kier molecular flexibility index (Phi) is 6.25. The topological polar surface area (TPSA) is 82.9 Å². The van der Waals surface area contributed by atoms with Crippen molar-refractivity contribution in [1.29, 1.82) is 0 Å². The molecule has 35 heavy (non-hydrogen) atoms. The average molecular weight is 498 g/mol. The first kappa shape index (κ1) is 23.7. The van der Waals surface area contributed by atoms with Crippen LogP contribution in [0.1, 0.15) is 63.6 Å². The molecule has 1 N–H and O–H groups in total. The molecular weight excluding hydrogens is 469 g/mol. The van der Waals surface area contributed by atoms with Crippen molar-refractivity contribution in [2.24, 2.45) is 16.1 Å². The average Bonchev–Trinajstić information content (AvgIpc) is 3.10. The first-order valence-corrected chi connectivity index (χ1v) is 12.4. The van der Waals surface area contributed by atoms with E-state index >= 15 is 0 Å². The molecule has 2 aliphatic heterocycles. The van der Waals surface area contributed by atoms with E-state index in [0.29, 0.717) is 18.1 Å². The molecule has 0 unspecified atom stereocenters. The third-order valence-electron chi connectivity index (χ3n) is 6.76. The van der Waals surface area contributed by atoms with E-state index in [4.69, 9.17) is 16.3 Å². The summed E-state index contributed by atoms with van der Waals surface area (Å²) < 4.78 is 19.4. The standard InChI is InChI=1S/C26H29ClFN5O2/c1-26(2,3)35-25(34)33-12-11-18(27)22(23-24(33)17-13-29-30-14-20(17)32-23)16-9-7-15(8-10-16)19-5-4-6-21(28)31-19/h4-6,11,14-16,32H,7-10,12-13H2,1-3H3. The first-order chi connectivity index (χ1) is 16.7. The summed E-state index contributed by atoms with van der Waals surface area (Å²) >= 11 is 6.90. The molecule has 2 aromatic rings. The van der Waals surface area contributed by atoms with Gasteiger partial charge in [-0.2, -0.15) is 14.6 Å². The highest BCUT2D eigenvalue weighted by molar-refractivity contribution is 6.36. The Morgan fingerprint density at radius 1 is 1.20 bits per heavy atom. The number of amides is 1. The lowest BCUT2D eigenvalue weighted by Gasteiger charge is -2.29. The van der Waals surface area contributed by atoms with Crippen molar-refractivity contribution in [3.63, 3.8) is 0 Å².